The summed E-state index contributed by atoms with van der Waals surface area (Å²) in [5.74, 6) is -0.170. The maximum Gasteiger partial charge on any atom is 0.255 e. The van der Waals surface area contributed by atoms with Gasteiger partial charge in [0.1, 0.15) is 11.5 Å². The molecule has 1 atom stereocenters. The van der Waals surface area contributed by atoms with Gasteiger partial charge in [-0.3, -0.25) is 9.59 Å². The first-order valence-corrected chi connectivity index (χ1v) is 8.73. The summed E-state index contributed by atoms with van der Waals surface area (Å²) >= 11 is 0. The summed E-state index contributed by atoms with van der Waals surface area (Å²) in [6.45, 7) is 1.28. The van der Waals surface area contributed by atoms with Gasteiger partial charge in [-0.1, -0.05) is 35.5 Å². The highest BCUT2D eigenvalue weighted by atomic mass is 19.3. The van der Waals surface area contributed by atoms with Crippen LogP contribution < -0.4 is 5.32 Å². The molecule has 144 valence electrons. The first-order valence-electron chi connectivity index (χ1n) is 8.73. The summed E-state index contributed by atoms with van der Waals surface area (Å²) in [6, 6.07) is 11.2. The van der Waals surface area contributed by atoms with Crippen molar-refractivity contribution in [1.82, 2.24) is 15.4 Å². The van der Waals surface area contributed by atoms with Gasteiger partial charge in [-0.05, 0) is 6.42 Å². The molecule has 3 rings (SSSR count). The van der Waals surface area contributed by atoms with E-state index in [9.17, 15) is 18.4 Å². The molecule has 0 radical (unpaired) electrons. The third kappa shape index (κ3) is 4.32. The molecule has 27 heavy (non-hydrogen) atoms. The van der Waals surface area contributed by atoms with E-state index in [2.05, 4.69) is 10.5 Å². The Balaban J connectivity index is 1.81. The molecule has 6 nitrogen and oxygen atoms in total. The van der Waals surface area contributed by atoms with Crippen LogP contribution in [0.2, 0.25) is 0 Å². The molecule has 0 saturated carbocycles. The van der Waals surface area contributed by atoms with Crippen LogP contribution in [-0.2, 0) is 16.0 Å². The van der Waals surface area contributed by atoms with Crippen LogP contribution in [0.15, 0.2) is 40.9 Å². The maximum atomic E-state index is 12.7. The van der Waals surface area contributed by atoms with Crippen LogP contribution in [0.1, 0.15) is 19.1 Å². The van der Waals surface area contributed by atoms with Gasteiger partial charge in [-0.25, -0.2) is 8.78 Å². The molecule has 1 aromatic heterocycles. The molecule has 1 aromatic carbocycles. The second-order valence-electron chi connectivity index (χ2n) is 6.79. The molecule has 1 aliphatic rings. The zero-order valence-corrected chi connectivity index (χ0v) is 15.0. The number of carbonyl (C=O) groups excluding carboxylic acids is 2. The molecular weight excluding hydrogens is 356 g/mol. The van der Waals surface area contributed by atoms with Gasteiger partial charge in [0, 0.05) is 38.1 Å². The first-order chi connectivity index (χ1) is 12.9. The molecule has 0 aliphatic carbocycles. The topological polar surface area (TPSA) is 75.4 Å². The SMILES string of the molecule is CC(=O)N1CC[C@](Cc2cc(-c3ccccc3)no2)(C(=O)NCC(F)F)C1. The number of nitrogens with one attached hydrogen (secondary N) is 1. The molecule has 1 saturated heterocycles. The van der Waals surface area contributed by atoms with Crippen LogP contribution in [0.4, 0.5) is 8.78 Å². The smallest absolute Gasteiger partial charge is 0.255 e. The van der Waals surface area contributed by atoms with Gasteiger partial charge in [0.25, 0.3) is 6.43 Å². The minimum Gasteiger partial charge on any atom is -0.361 e. The van der Waals surface area contributed by atoms with Crippen molar-refractivity contribution in [1.29, 1.82) is 0 Å². The highest BCUT2D eigenvalue weighted by Crippen LogP contribution is 2.35. The van der Waals surface area contributed by atoms with Gasteiger partial charge in [0.2, 0.25) is 11.8 Å². The van der Waals surface area contributed by atoms with Gasteiger partial charge in [0.15, 0.2) is 0 Å². The summed E-state index contributed by atoms with van der Waals surface area (Å²) in [6.07, 6.45) is -2.07. The third-order valence-electron chi connectivity index (χ3n) is 4.84. The number of amides is 2. The Kier molecular flexibility index (Phi) is 5.53. The fourth-order valence-electron chi connectivity index (χ4n) is 3.38. The zero-order valence-electron chi connectivity index (χ0n) is 15.0. The van der Waals surface area contributed by atoms with E-state index < -0.39 is 24.3 Å². The van der Waals surface area contributed by atoms with Crippen molar-refractivity contribution in [2.24, 2.45) is 5.41 Å². The Morgan fingerprint density at radius 2 is 2.07 bits per heavy atom. The molecule has 0 unspecified atom stereocenters. The van der Waals surface area contributed by atoms with Crippen molar-refractivity contribution < 1.29 is 22.9 Å². The molecule has 0 bridgehead atoms. The highest BCUT2D eigenvalue weighted by Gasteiger charge is 2.46. The summed E-state index contributed by atoms with van der Waals surface area (Å²) < 4.78 is 30.4. The lowest BCUT2D eigenvalue weighted by molar-refractivity contribution is -0.133. The molecule has 2 amide bonds. The Hall–Kier alpha value is -2.77. The van der Waals surface area contributed by atoms with Gasteiger partial charge < -0.3 is 14.7 Å². The standard InChI is InChI=1S/C19H21F2N3O3/c1-13(25)24-8-7-19(12-24,18(26)22-11-17(20)21)10-15-9-16(23-27-15)14-5-3-2-4-6-14/h2-6,9,17H,7-8,10-12H2,1H3,(H,22,26)/t19-/m1/s1. The van der Waals surface area contributed by atoms with E-state index in [0.29, 0.717) is 24.4 Å². The van der Waals surface area contributed by atoms with Crippen LogP contribution in [0, 0.1) is 5.41 Å². The van der Waals surface area contributed by atoms with Gasteiger partial charge >= 0.3 is 0 Å². The normalized spacial score (nSPS) is 19.5. The fourth-order valence-corrected chi connectivity index (χ4v) is 3.38. The summed E-state index contributed by atoms with van der Waals surface area (Å²) in [5.41, 5.74) is 0.504. The lowest BCUT2D eigenvalue weighted by Crippen LogP contribution is -2.46. The molecule has 1 aliphatic heterocycles. The number of hydrogen-bond acceptors (Lipinski definition) is 4. The maximum absolute atomic E-state index is 12.7. The van der Waals surface area contributed by atoms with Gasteiger partial charge in [0.05, 0.1) is 12.0 Å². The third-order valence-corrected chi connectivity index (χ3v) is 4.84. The number of nitrogens with zero attached hydrogens (tertiary/aromatic N) is 2. The lowest BCUT2D eigenvalue weighted by atomic mass is 9.81. The van der Waals surface area contributed by atoms with Crippen LogP contribution in [0.5, 0.6) is 0 Å². The minimum atomic E-state index is -2.63. The number of halogens is 2. The molecule has 0 spiro atoms. The van der Waals surface area contributed by atoms with Crippen molar-refractivity contribution >= 4 is 11.8 Å². The lowest BCUT2D eigenvalue weighted by Gasteiger charge is -2.27. The number of carbonyl (C=O) groups is 2. The number of rotatable bonds is 6. The average Bonchev–Trinajstić information content (AvgIpc) is 3.29. The highest BCUT2D eigenvalue weighted by molar-refractivity contribution is 5.85. The van der Waals surface area contributed by atoms with E-state index in [0.717, 1.165) is 5.56 Å². The predicted octanol–water partition coefficient (Wildman–Crippen LogP) is 2.50. The Bertz CT molecular complexity index is 810. The fraction of sp³-hybridized carbons (Fsp3) is 0.421. The minimum absolute atomic E-state index is 0.152. The number of alkyl halides is 2. The molecular formula is C19H21F2N3O3. The van der Waals surface area contributed by atoms with Crippen molar-refractivity contribution in [2.45, 2.75) is 26.2 Å². The quantitative estimate of drug-likeness (QED) is 0.839. The van der Waals surface area contributed by atoms with Crippen LogP contribution in [0.3, 0.4) is 0 Å². The number of aromatic nitrogens is 1. The van der Waals surface area contributed by atoms with E-state index in [1.54, 1.807) is 11.0 Å². The van der Waals surface area contributed by atoms with Crippen LogP contribution in [0.25, 0.3) is 11.3 Å². The number of hydrogen-bond donors (Lipinski definition) is 1. The Morgan fingerprint density at radius 3 is 2.70 bits per heavy atom. The number of benzene rings is 1. The van der Waals surface area contributed by atoms with E-state index in [1.165, 1.54) is 6.92 Å². The molecule has 2 heterocycles. The van der Waals surface area contributed by atoms with Crippen LogP contribution in [-0.4, -0.2) is 47.9 Å². The monoisotopic (exact) mass is 377 g/mol. The van der Waals surface area contributed by atoms with Crippen molar-refractivity contribution in [2.75, 3.05) is 19.6 Å². The van der Waals surface area contributed by atoms with Gasteiger partial charge in [-0.15, -0.1) is 0 Å². The molecule has 2 aromatic rings. The predicted molar refractivity (Wildman–Crippen MR) is 94.0 cm³/mol. The average molecular weight is 377 g/mol. The second-order valence-corrected chi connectivity index (χ2v) is 6.79. The largest absolute Gasteiger partial charge is 0.361 e. The van der Waals surface area contributed by atoms with Crippen molar-refractivity contribution in [3.8, 4) is 11.3 Å². The first kappa shape index (κ1) is 19.0. The second kappa shape index (κ2) is 7.85. The molecule has 1 N–H and O–H groups in total. The van der Waals surface area contributed by atoms with Crippen LogP contribution >= 0.6 is 0 Å². The Morgan fingerprint density at radius 1 is 1.33 bits per heavy atom. The van der Waals surface area contributed by atoms with E-state index in [4.69, 9.17) is 4.52 Å². The van der Waals surface area contributed by atoms with Crippen molar-refractivity contribution in [3.05, 3.63) is 42.2 Å². The van der Waals surface area contributed by atoms with E-state index in [-0.39, 0.29) is 18.9 Å². The van der Waals surface area contributed by atoms with Gasteiger partial charge in [-0.2, -0.15) is 0 Å². The summed E-state index contributed by atoms with van der Waals surface area (Å²) in [5, 5.41) is 6.33. The molecule has 8 heteroatoms. The Labute approximate surface area is 155 Å². The molecule has 1 fully saturated rings. The summed E-state index contributed by atoms with van der Waals surface area (Å²) in [4.78, 5) is 25.9. The zero-order chi connectivity index (χ0) is 19.4. The van der Waals surface area contributed by atoms with E-state index >= 15 is 0 Å². The van der Waals surface area contributed by atoms with Crippen molar-refractivity contribution in [3.63, 3.8) is 0 Å². The summed E-state index contributed by atoms with van der Waals surface area (Å²) in [7, 11) is 0. The van der Waals surface area contributed by atoms with E-state index in [1.807, 2.05) is 30.3 Å². The number of likely N-dealkylation sites (tertiary alicyclic amines) is 1.